The normalized spacial score (nSPS) is 11.0. The molecule has 0 unspecified atom stereocenters. The van der Waals surface area contributed by atoms with Gasteiger partial charge in [0.05, 0.1) is 12.8 Å². The molecule has 0 aromatic heterocycles. The van der Waals surface area contributed by atoms with Gasteiger partial charge < -0.3 is 10.1 Å². The molecule has 0 aliphatic rings. The van der Waals surface area contributed by atoms with E-state index in [1.807, 2.05) is 31.2 Å². The van der Waals surface area contributed by atoms with Gasteiger partial charge >= 0.3 is 0 Å². The molecule has 6 heteroatoms. The number of hydrogen-bond acceptors (Lipinski definition) is 3. The zero-order valence-corrected chi connectivity index (χ0v) is 13.1. The smallest absolute Gasteiger partial charge is 0.191 e. The third kappa shape index (κ3) is 4.53. The van der Waals surface area contributed by atoms with E-state index >= 15 is 0 Å². The number of nitrogens with zero attached hydrogens (tertiary/aromatic N) is 1. The van der Waals surface area contributed by atoms with E-state index in [0.29, 0.717) is 10.8 Å². The van der Waals surface area contributed by atoms with Crippen LogP contribution in [0.4, 0.5) is 10.1 Å². The van der Waals surface area contributed by atoms with Crippen LogP contribution in [-0.2, 0) is 0 Å². The number of nitrogens with one attached hydrogen (secondary N) is 2. The standard InChI is InChI=1S/C16H16FN3OS/c1-11(12-6-8-13(17)9-7-12)19-20-16(22)18-14-4-3-5-15(10-14)21-2/h3-10H,1-2H3,(H2,18,20,22)/b19-11-. The van der Waals surface area contributed by atoms with Crippen LogP contribution in [0.25, 0.3) is 0 Å². The van der Waals surface area contributed by atoms with Gasteiger partial charge in [0.15, 0.2) is 5.11 Å². The summed E-state index contributed by atoms with van der Waals surface area (Å²) < 4.78 is 18.0. The SMILES string of the molecule is COc1cccc(NC(=S)N/N=C(/C)c2ccc(F)cc2)c1. The van der Waals surface area contributed by atoms with E-state index in [2.05, 4.69) is 15.8 Å². The van der Waals surface area contributed by atoms with Crippen molar-refractivity contribution in [3.63, 3.8) is 0 Å². The van der Waals surface area contributed by atoms with Gasteiger partial charge in [0.2, 0.25) is 0 Å². The minimum atomic E-state index is -0.278. The van der Waals surface area contributed by atoms with Crippen LogP contribution in [0.5, 0.6) is 5.75 Å². The van der Waals surface area contributed by atoms with Gasteiger partial charge in [0, 0.05) is 11.8 Å². The Kier molecular flexibility index (Phi) is 5.43. The van der Waals surface area contributed by atoms with Crippen LogP contribution in [0.2, 0.25) is 0 Å². The highest BCUT2D eigenvalue weighted by molar-refractivity contribution is 7.80. The summed E-state index contributed by atoms with van der Waals surface area (Å²) in [5.41, 5.74) is 5.07. The molecule has 2 N–H and O–H groups in total. The zero-order chi connectivity index (χ0) is 15.9. The molecular weight excluding hydrogens is 301 g/mol. The number of methoxy groups -OCH3 is 1. The lowest BCUT2D eigenvalue weighted by Gasteiger charge is -2.09. The second-order valence-corrected chi connectivity index (χ2v) is 4.91. The van der Waals surface area contributed by atoms with Crippen molar-refractivity contribution in [1.82, 2.24) is 5.43 Å². The molecule has 0 spiro atoms. The predicted octanol–water partition coefficient (Wildman–Crippen LogP) is 3.54. The third-order valence-electron chi connectivity index (χ3n) is 2.91. The van der Waals surface area contributed by atoms with Crippen LogP contribution in [0.1, 0.15) is 12.5 Å². The maximum absolute atomic E-state index is 12.9. The van der Waals surface area contributed by atoms with Gasteiger partial charge in [-0.25, -0.2) is 4.39 Å². The fourth-order valence-corrected chi connectivity index (χ4v) is 1.91. The van der Waals surface area contributed by atoms with Crippen molar-refractivity contribution in [2.75, 3.05) is 12.4 Å². The van der Waals surface area contributed by atoms with Gasteiger partial charge in [0.1, 0.15) is 11.6 Å². The molecule has 4 nitrogen and oxygen atoms in total. The number of halogens is 1. The summed E-state index contributed by atoms with van der Waals surface area (Å²) in [5.74, 6) is 0.457. The summed E-state index contributed by atoms with van der Waals surface area (Å²) >= 11 is 5.17. The quantitative estimate of drug-likeness (QED) is 0.514. The first-order valence-corrected chi connectivity index (χ1v) is 7.00. The van der Waals surface area contributed by atoms with Crippen molar-refractivity contribution >= 4 is 28.7 Å². The summed E-state index contributed by atoms with van der Waals surface area (Å²) in [5, 5.41) is 7.53. The molecule has 0 aliphatic heterocycles. The zero-order valence-electron chi connectivity index (χ0n) is 12.3. The number of thiocarbonyl (C=S) groups is 1. The molecular formula is C16H16FN3OS. The van der Waals surface area contributed by atoms with Gasteiger partial charge in [-0.2, -0.15) is 5.10 Å². The minimum absolute atomic E-state index is 0.278. The number of hydrazone groups is 1. The van der Waals surface area contributed by atoms with Crippen molar-refractivity contribution in [2.45, 2.75) is 6.92 Å². The number of rotatable bonds is 4. The Hall–Kier alpha value is -2.47. The Morgan fingerprint density at radius 2 is 1.91 bits per heavy atom. The van der Waals surface area contributed by atoms with Crippen LogP contribution in [0.15, 0.2) is 53.6 Å². The highest BCUT2D eigenvalue weighted by atomic mass is 32.1. The monoisotopic (exact) mass is 317 g/mol. The van der Waals surface area contributed by atoms with Crippen LogP contribution < -0.4 is 15.5 Å². The molecule has 0 aliphatic carbocycles. The van der Waals surface area contributed by atoms with Crippen molar-refractivity contribution in [2.24, 2.45) is 5.10 Å². The summed E-state index contributed by atoms with van der Waals surface area (Å²) in [6.07, 6.45) is 0. The summed E-state index contributed by atoms with van der Waals surface area (Å²) in [4.78, 5) is 0. The number of hydrogen-bond donors (Lipinski definition) is 2. The summed E-state index contributed by atoms with van der Waals surface area (Å²) in [7, 11) is 1.60. The predicted molar refractivity (Wildman–Crippen MR) is 91.0 cm³/mol. The average molecular weight is 317 g/mol. The molecule has 0 radical (unpaired) electrons. The number of ether oxygens (including phenoxy) is 1. The van der Waals surface area contributed by atoms with E-state index < -0.39 is 0 Å². The molecule has 0 saturated heterocycles. The molecule has 0 fully saturated rings. The van der Waals surface area contributed by atoms with Crippen molar-refractivity contribution in [3.05, 3.63) is 59.9 Å². The van der Waals surface area contributed by atoms with E-state index in [0.717, 1.165) is 17.0 Å². The maximum Gasteiger partial charge on any atom is 0.191 e. The molecule has 22 heavy (non-hydrogen) atoms. The summed E-state index contributed by atoms with van der Waals surface area (Å²) in [6, 6.07) is 13.5. The molecule has 0 amide bonds. The summed E-state index contributed by atoms with van der Waals surface area (Å²) in [6.45, 7) is 1.81. The molecule has 0 bridgehead atoms. The molecule has 2 aromatic carbocycles. The van der Waals surface area contributed by atoms with Gasteiger partial charge in [-0.05, 0) is 49.0 Å². The first-order valence-electron chi connectivity index (χ1n) is 6.60. The fraction of sp³-hybridized carbons (Fsp3) is 0.125. The van der Waals surface area contributed by atoms with E-state index in [1.165, 1.54) is 12.1 Å². The molecule has 2 rings (SSSR count). The highest BCUT2D eigenvalue weighted by Crippen LogP contribution is 2.16. The van der Waals surface area contributed by atoms with Gasteiger partial charge in [-0.3, -0.25) is 5.43 Å². The Morgan fingerprint density at radius 3 is 2.59 bits per heavy atom. The van der Waals surface area contributed by atoms with E-state index in [4.69, 9.17) is 17.0 Å². The maximum atomic E-state index is 12.9. The second kappa shape index (κ2) is 7.51. The topological polar surface area (TPSA) is 45.6 Å². The number of anilines is 1. The van der Waals surface area contributed by atoms with Crippen LogP contribution >= 0.6 is 12.2 Å². The molecule has 0 saturated carbocycles. The van der Waals surface area contributed by atoms with Gasteiger partial charge in [-0.1, -0.05) is 18.2 Å². The van der Waals surface area contributed by atoms with Crippen LogP contribution in [0, 0.1) is 5.82 Å². The van der Waals surface area contributed by atoms with E-state index in [1.54, 1.807) is 19.2 Å². The Balaban J connectivity index is 1.96. The minimum Gasteiger partial charge on any atom is -0.497 e. The molecule has 2 aromatic rings. The van der Waals surface area contributed by atoms with E-state index in [-0.39, 0.29) is 5.82 Å². The van der Waals surface area contributed by atoms with Crippen LogP contribution in [0.3, 0.4) is 0 Å². The lowest BCUT2D eigenvalue weighted by atomic mass is 10.1. The Bertz CT molecular complexity index is 686. The Labute approximate surface area is 134 Å². The second-order valence-electron chi connectivity index (χ2n) is 4.50. The largest absolute Gasteiger partial charge is 0.497 e. The first kappa shape index (κ1) is 15.9. The van der Waals surface area contributed by atoms with Crippen LogP contribution in [-0.4, -0.2) is 17.9 Å². The molecule has 114 valence electrons. The fourth-order valence-electron chi connectivity index (χ4n) is 1.75. The average Bonchev–Trinajstić information content (AvgIpc) is 2.53. The molecule has 0 atom stereocenters. The third-order valence-corrected chi connectivity index (χ3v) is 3.11. The number of benzene rings is 2. The van der Waals surface area contributed by atoms with Crippen molar-refractivity contribution in [3.8, 4) is 5.75 Å². The van der Waals surface area contributed by atoms with E-state index in [9.17, 15) is 4.39 Å². The van der Waals surface area contributed by atoms with Gasteiger partial charge in [-0.15, -0.1) is 0 Å². The molecule has 0 heterocycles. The van der Waals surface area contributed by atoms with Crippen molar-refractivity contribution < 1.29 is 9.13 Å². The first-order chi connectivity index (χ1) is 10.6. The lowest BCUT2D eigenvalue weighted by molar-refractivity contribution is 0.415. The highest BCUT2D eigenvalue weighted by Gasteiger charge is 2.00. The Morgan fingerprint density at radius 1 is 1.18 bits per heavy atom. The lowest BCUT2D eigenvalue weighted by Crippen LogP contribution is -2.24. The van der Waals surface area contributed by atoms with Gasteiger partial charge in [0.25, 0.3) is 0 Å². The van der Waals surface area contributed by atoms with Crippen molar-refractivity contribution in [1.29, 1.82) is 0 Å².